The fourth-order valence-corrected chi connectivity index (χ4v) is 1.98. The van der Waals surface area contributed by atoms with Gasteiger partial charge in [-0.25, -0.2) is 0 Å². The van der Waals surface area contributed by atoms with Gasteiger partial charge in [-0.3, -0.25) is 25.9 Å². The van der Waals surface area contributed by atoms with Gasteiger partial charge in [-0.1, -0.05) is 12.1 Å². The number of nitrogens with zero attached hydrogens (tertiary/aromatic N) is 3. The van der Waals surface area contributed by atoms with Crippen LogP contribution in [-0.2, 0) is 30.2 Å². The van der Waals surface area contributed by atoms with Crippen LogP contribution in [0.5, 0.6) is 0 Å². The van der Waals surface area contributed by atoms with Crippen molar-refractivity contribution in [3.8, 4) is 0 Å². The molecule has 2 aromatic heterocycles. The van der Waals surface area contributed by atoms with Gasteiger partial charge in [0.1, 0.15) is 0 Å². The predicted molar refractivity (Wildman–Crippen MR) is 78.9 cm³/mol. The van der Waals surface area contributed by atoms with E-state index in [1.807, 2.05) is 36.4 Å². The Bertz CT molecular complexity index is 442. The number of halogens is 1. The molecule has 2 N–H and O–H groups in total. The number of hydrogen-bond donors (Lipinski definition) is 1. The van der Waals surface area contributed by atoms with E-state index in [9.17, 15) is 0 Å². The summed E-state index contributed by atoms with van der Waals surface area (Å²) < 4.78 is 0. The van der Waals surface area contributed by atoms with Crippen molar-refractivity contribution in [3.05, 3.63) is 65.1 Å². The standard InChI is InChI=1S/C14H16BrN4.Cu/c15-14(9-16)19(10-12-5-1-3-7-17-12)11-13-6-2-4-8-18-13;/h1-8H,9-11,16H2;/q-1;+1. The van der Waals surface area contributed by atoms with Crippen LogP contribution in [0.1, 0.15) is 11.4 Å². The molecule has 0 aliphatic rings. The van der Waals surface area contributed by atoms with Gasteiger partial charge in [0.2, 0.25) is 0 Å². The van der Waals surface area contributed by atoms with E-state index in [0.29, 0.717) is 19.6 Å². The molecule has 0 aliphatic heterocycles. The third-order valence-electron chi connectivity index (χ3n) is 2.67. The molecule has 0 atom stereocenters. The van der Waals surface area contributed by atoms with Crippen LogP contribution in [0.25, 0.3) is 0 Å². The zero-order chi connectivity index (χ0) is 13.5. The summed E-state index contributed by atoms with van der Waals surface area (Å²) in [5, 5.41) is 0. The zero-order valence-electron chi connectivity index (χ0n) is 10.8. The van der Waals surface area contributed by atoms with Crippen molar-refractivity contribution in [2.24, 2.45) is 5.73 Å². The summed E-state index contributed by atoms with van der Waals surface area (Å²) in [6.45, 7) is 1.87. The van der Waals surface area contributed by atoms with Gasteiger partial charge < -0.3 is 10.6 Å². The largest absolute Gasteiger partial charge is 1.00 e. The third-order valence-corrected chi connectivity index (χ3v) is 3.49. The minimum atomic E-state index is 0. The molecule has 0 aromatic carbocycles. The van der Waals surface area contributed by atoms with Crippen LogP contribution in [0, 0.1) is 4.95 Å². The van der Waals surface area contributed by atoms with E-state index >= 15 is 0 Å². The van der Waals surface area contributed by atoms with Gasteiger partial charge in [-0.2, -0.15) is 4.95 Å². The van der Waals surface area contributed by atoms with Crippen molar-refractivity contribution in [1.29, 1.82) is 0 Å². The Hall–Kier alpha value is -0.781. The summed E-state index contributed by atoms with van der Waals surface area (Å²) >= 11 is 3.52. The first-order chi connectivity index (χ1) is 9.29. The first-order valence-corrected chi connectivity index (χ1v) is 6.85. The number of pyridine rings is 2. The maximum absolute atomic E-state index is 5.71. The first kappa shape index (κ1) is 17.3. The molecule has 6 heteroatoms. The summed E-state index contributed by atoms with van der Waals surface area (Å²) in [5.41, 5.74) is 7.72. The summed E-state index contributed by atoms with van der Waals surface area (Å²) in [5.74, 6) is 0. The molecule has 0 bridgehead atoms. The molecule has 0 fully saturated rings. The Morgan fingerprint density at radius 1 is 1.00 bits per heavy atom. The second-order valence-electron chi connectivity index (χ2n) is 4.08. The molecule has 4 nitrogen and oxygen atoms in total. The molecule has 0 aliphatic carbocycles. The topological polar surface area (TPSA) is 55.0 Å². The van der Waals surface area contributed by atoms with Gasteiger partial charge in [0.25, 0.3) is 0 Å². The Morgan fingerprint density at radius 3 is 1.85 bits per heavy atom. The number of aromatic nitrogens is 2. The molecule has 0 spiro atoms. The average Bonchev–Trinajstić information content (AvgIpc) is 2.48. The van der Waals surface area contributed by atoms with Gasteiger partial charge in [0, 0.05) is 25.5 Å². The molecule has 20 heavy (non-hydrogen) atoms. The SMILES string of the molecule is NC[C-](Br)N(Cc1ccccn1)Cc1ccccn1.[Cu+]. The summed E-state index contributed by atoms with van der Waals surface area (Å²) in [7, 11) is 0. The van der Waals surface area contributed by atoms with Crippen molar-refractivity contribution in [2.75, 3.05) is 6.54 Å². The molecule has 2 rings (SSSR count). The van der Waals surface area contributed by atoms with E-state index in [1.165, 1.54) is 0 Å². The Balaban J connectivity index is 0.00000200. The van der Waals surface area contributed by atoms with E-state index < -0.39 is 0 Å². The van der Waals surface area contributed by atoms with Gasteiger partial charge in [-0.15, -0.1) is 6.54 Å². The van der Waals surface area contributed by atoms with Crippen molar-refractivity contribution in [3.63, 3.8) is 0 Å². The fourth-order valence-electron chi connectivity index (χ4n) is 1.73. The van der Waals surface area contributed by atoms with E-state index in [4.69, 9.17) is 5.73 Å². The summed E-state index contributed by atoms with van der Waals surface area (Å²) in [4.78, 5) is 11.8. The van der Waals surface area contributed by atoms with Gasteiger partial charge >= 0.3 is 17.1 Å². The molecular formula is C14H16BrCuN4. The maximum atomic E-state index is 5.71. The third kappa shape index (κ3) is 5.31. The van der Waals surface area contributed by atoms with Crippen molar-refractivity contribution < 1.29 is 17.1 Å². The van der Waals surface area contributed by atoms with Crippen LogP contribution >= 0.6 is 15.9 Å². The van der Waals surface area contributed by atoms with E-state index in [0.717, 1.165) is 16.3 Å². The van der Waals surface area contributed by atoms with Crippen molar-refractivity contribution >= 4 is 15.9 Å². The monoisotopic (exact) mass is 382 g/mol. The quantitative estimate of drug-likeness (QED) is 0.472. The molecule has 2 aromatic rings. The molecule has 2 heterocycles. The fraction of sp³-hybridized carbons (Fsp3) is 0.214. The molecule has 110 valence electrons. The van der Waals surface area contributed by atoms with Gasteiger partial charge in [0.15, 0.2) is 0 Å². The molecule has 0 unspecified atom stereocenters. The Kier molecular flexibility index (Phi) is 7.95. The Morgan fingerprint density at radius 2 is 1.50 bits per heavy atom. The molecule has 0 saturated carbocycles. The van der Waals surface area contributed by atoms with Crippen LogP contribution in [0.2, 0.25) is 0 Å². The minimum absolute atomic E-state index is 0. The van der Waals surface area contributed by atoms with E-state index in [2.05, 4.69) is 30.8 Å². The molecule has 0 amide bonds. The van der Waals surface area contributed by atoms with E-state index in [-0.39, 0.29) is 17.1 Å². The predicted octanol–water partition coefficient (Wildman–Crippen LogP) is 2.32. The number of hydrogen-bond acceptors (Lipinski definition) is 4. The zero-order valence-corrected chi connectivity index (χ0v) is 13.4. The average molecular weight is 384 g/mol. The van der Waals surface area contributed by atoms with Crippen LogP contribution < -0.4 is 5.73 Å². The second-order valence-corrected chi connectivity index (χ2v) is 4.99. The van der Waals surface area contributed by atoms with Gasteiger partial charge in [0.05, 0.1) is 11.4 Å². The summed E-state index contributed by atoms with van der Waals surface area (Å²) in [6.07, 6.45) is 3.59. The van der Waals surface area contributed by atoms with Crippen LogP contribution in [0.4, 0.5) is 0 Å². The second kappa shape index (κ2) is 9.21. The normalized spacial score (nSPS) is 10.6. The molecule has 0 radical (unpaired) electrons. The molecule has 0 saturated heterocycles. The summed E-state index contributed by atoms with van der Waals surface area (Å²) in [6, 6.07) is 11.8. The van der Waals surface area contributed by atoms with Crippen LogP contribution in [-0.4, -0.2) is 21.4 Å². The molecular weight excluding hydrogens is 368 g/mol. The van der Waals surface area contributed by atoms with E-state index in [1.54, 1.807) is 12.4 Å². The maximum Gasteiger partial charge on any atom is 1.00 e. The Labute approximate surface area is 138 Å². The van der Waals surface area contributed by atoms with Crippen molar-refractivity contribution in [1.82, 2.24) is 14.9 Å². The first-order valence-electron chi connectivity index (χ1n) is 6.05. The van der Waals surface area contributed by atoms with Crippen molar-refractivity contribution in [2.45, 2.75) is 13.1 Å². The number of nitrogens with two attached hydrogens (primary N) is 1. The minimum Gasteiger partial charge on any atom is -0.432 e. The van der Waals surface area contributed by atoms with Crippen LogP contribution in [0.3, 0.4) is 0 Å². The smallest absolute Gasteiger partial charge is 0.432 e. The number of rotatable bonds is 6. The van der Waals surface area contributed by atoms with Gasteiger partial charge in [-0.05, 0) is 24.3 Å². The van der Waals surface area contributed by atoms with Crippen LogP contribution in [0.15, 0.2) is 48.8 Å².